The van der Waals surface area contributed by atoms with Crippen LogP contribution in [0, 0.1) is 11.8 Å². The summed E-state index contributed by atoms with van der Waals surface area (Å²) in [6.07, 6.45) is 6.51. The van der Waals surface area contributed by atoms with Gasteiger partial charge in [-0.1, -0.05) is 33.6 Å². The molecule has 1 atom stereocenters. The fourth-order valence-electron chi connectivity index (χ4n) is 3.52. The fraction of sp³-hybridized carbons (Fsp3) is 0.824. The third-order valence-electron chi connectivity index (χ3n) is 4.80. The molecule has 1 N–H and O–H groups in total. The summed E-state index contributed by atoms with van der Waals surface area (Å²) in [5.41, 5.74) is 2.64. The van der Waals surface area contributed by atoms with Gasteiger partial charge < -0.3 is 5.32 Å². The highest BCUT2D eigenvalue weighted by molar-refractivity contribution is 5.16. The SMILES string of the molecule is CCNC(c1cc(CC)nn1CC)C1CCC(C)CC1. The van der Waals surface area contributed by atoms with Crippen molar-refractivity contribution in [1.82, 2.24) is 15.1 Å². The van der Waals surface area contributed by atoms with E-state index < -0.39 is 0 Å². The molecule has 0 aromatic carbocycles. The predicted molar refractivity (Wildman–Crippen MR) is 84.8 cm³/mol. The minimum Gasteiger partial charge on any atom is -0.309 e. The summed E-state index contributed by atoms with van der Waals surface area (Å²) in [6, 6.07) is 2.81. The first kappa shape index (κ1) is 15.6. The van der Waals surface area contributed by atoms with Gasteiger partial charge in [-0.05, 0) is 50.6 Å². The number of aromatic nitrogens is 2. The summed E-state index contributed by atoms with van der Waals surface area (Å²) in [5.74, 6) is 1.69. The van der Waals surface area contributed by atoms with Crippen molar-refractivity contribution >= 4 is 0 Å². The Morgan fingerprint density at radius 2 is 1.95 bits per heavy atom. The molecule has 0 amide bonds. The van der Waals surface area contributed by atoms with Crippen LogP contribution in [0.3, 0.4) is 0 Å². The molecule has 3 heteroatoms. The Kier molecular flexibility index (Phi) is 5.64. The predicted octanol–water partition coefficient (Wildman–Crippen LogP) is 3.94. The molecule has 3 nitrogen and oxygen atoms in total. The highest BCUT2D eigenvalue weighted by Gasteiger charge is 2.29. The Labute approximate surface area is 124 Å². The van der Waals surface area contributed by atoms with E-state index in [9.17, 15) is 0 Å². The minimum atomic E-state index is 0.486. The van der Waals surface area contributed by atoms with Crippen molar-refractivity contribution in [3.05, 3.63) is 17.5 Å². The Bertz CT molecular complexity index is 402. The van der Waals surface area contributed by atoms with E-state index >= 15 is 0 Å². The second-order valence-corrected chi connectivity index (χ2v) is 6.29. The Morgan fingerprint density at radius 3 is 2.50 bits per heavy atom. The van der Waals surface area contributed by atoms with Crippen LogP contribution in [0.15, 0.2) is 6.07 Å². The topological polar surface area (TPSA) is 29.9 Å². The van der Waals surface area contributed by atoms with Crippen molar-refractivity contribution in [3.63, 3.8) is 0 Å². The van der Waals surface area contributed by atoms with Gasteiger partial charge in [0.15, 0.2) is 0 Å². The lowest BCUT2D eigenvalue weighted by Gasteiger charge is -2.33. The normalized spacial score (nSPS) is 24.8. The van der Waals surface area contributed by atoms with Gasteiger partial charge in [-0.15, -0.1) is 0 Å². The molecule has 1 aromatic rings. The maximum absolute atomic E-state index is 4.74. The number of rotatable bonds is 6. The molecule has 0 saturated heterocycles. The molecule has 2 rings (SSSR count). The average Bonchev–Trinajstić information content (AvgIpc) is 2.89. The first-order valence-electron chi connectivity index (χ1n) is 8.49. The lowest BCUT2D eigenvalue weighted by atomic mass is 9.78. The molecule has 0 aliphatic heterocycles. The lowest BCUT2D eigenvalue weighted by Crippen LogP contribution is -2.32. The van der Waals surface area contributed by atoms with Gasteiger partial charge in [-0.3, -0.25) is 4.68 Å². The second-order valence-electron chi connectivity index (χ2n) is 6.29. The first-order valence-corrected chi connectivity index (χ1v) is 8.49. The summed E-state index contributed by atoms with van der Waals surface area (Å²) in [7, 11) is 0. The van der Waals surface area contributed by atoms with Gasteiger partial charge in [0.05, 0.1) is 17.4 Å². The maximum atomic E-state index is 4.74. The number of nitrogens with zero attached hydrogens (tertiary/aromatic N) is 2. The number of hydrogen-bond donors (Lipinski definition) is 1. The van der Waals surface area contributed by atoms with E-state index in [1.54, 1.807) is 0 Å². The maximum Gasteiger partial charge on any atom is 0.0625 e. The van der Waals surface area contributed by atoms with E-state index in [-0.39, 0.29) is 0 Å². The van der Waals surface area contributed by atoms with E-state index in [1.165, 1.54) is 37.1 Å². The third-order valence-corrected chi connectivity index (χ3v) is 4.80. The van der Waals surface area contributed by atoms with E-state index in [4.69, 9.17) is 5.10 Å². The quantitative estimate of drug-likeness (QED) is 0.853. The van der Waals surface area contributed by atoms with Crippen LogP contribution in [0.25, 0.3) is 0 Å². The van der Waals surface area contributed by atoms with Crippen molar-refractivity contribution in [3.8, 4) is 0 Å². The Hall–Kier alpha value is -0.830. The highest BCUT2D eigenvalue weighted by Crippen LogP contribution is 2.37. The number of hydrogen-bond acceptors (Lipinski definition) is 2. The molecule has 1 aliphatic carbocycles. The summed E-state index contributed by atoms with van der Waals surface area (Å²) in [4.78, 5) is 0. The molecular formula is C17H31N3. The van der Waals surface area contributed by atoms with Crippen LogP contribution in [-0.2, 0) is 13.0 Å². The summed E-state index contributed by atoms with van der Waals surface area (Å²) in [5, 5.41) is 8.47. The summed E-state index contributed by atoms with van der Waals surface area (Å²) in [6.45, 7) is 11.0. The van der Waals surface area contributed by atoms with Crippen LogP contribution in [-0.4, -0.2) is 16.3 Å². The zero-order valence-corrected chi connectivity index (χ0v) is 13.7. The van der Waals surface area contributed by atoms with Crippen LogP contribution in [0.1, 0.15) is 70.8 Å². The van der Waals surface area contributed by atoms with Crippen molar-refractivity contribution in [2.24, 2.45) is 11.8 Å². The van der Waals surface area contributed by atoms with Crippen molar-refractivity contribution in [2.45, 2.75) is 72.4 Å². The van der Waals surface area contributed by atoms with Crippen LogP contribution in [0.5, 0.6) is 0 Å². The standard InChI is InChI=1S/C17H31N3/c1-5-15-12-16(20(7-3)19-15)17(18-6-2)14-10-8-13(4)9-11-14/h12-14,17-18H,5-11H2,1-4H3. The molecule has 0 radical (unpaired) electrons. The van der Waals surface area contributed by atoms with Gasteiger partial charge in [0.25, 0.3) is 0 Å². The molecule has 1 aromatic heterocycles. The smallest absolute Gasteiger partial charge is 0.0625 e. The molecule has 1 unspecified atom stereocenters. The monoisotopic (exact) mass is 277 g/mol. The highest BCUT2D eigenvalue weighted by atomic mass is 15.3. The van der Waals surface area contributed by atoms with Gasteiger partial charge in [0.1, 0.15) is 0 Å². The molecule has 1 fully saturated rings. The zero-order valence-electron chi connectivity index (χ0n) is 13.7. The van der Waals surface area contributed by atoms with Crippen molar-refractivity contribution in [2.75, 3.05) is 6.54 Å². The first-order chi connectivity index (χ1) is 9.69. The van der Waals surface area contributed by atoms with Gasteiger partial charge in [0, 0.05) is 6.54 Å². The van der Waals surface area contributed by atoms with E-state index in [0.29, 0.717) is 6.04 Å². The lowest BCUT2D eigenvalue weighted by molar-refractivity contribution is 0.226. The molecule has 114 valence electrons. The molecule has 0 bridgehead atoms. The van der Waals surface area contributed by atoms with E-state index in [2.05, 4.69) is 43.8 Å². The van der Waals surface area contributed by atoms with E-state index in [0.717, 1.165) is 31.3 Å². The van der Waals surface area contributed by atoms with E-state index in [1.807, 2.05) is 0 Å². The average molecular weight is 277 g/mol. The third kappa shape index (κ3) is 3.43. The Morgan fingerprint density at radius 1 is 1.25 bits per heavy atom. The number of nitrogens with one attached hydrogen (secondary N) is 1. The van der Waals surface area contributed by atoms with Crippen LogP contribution in [0.2, 0.25) is 0 Å². The summed E-state index contributed by atoms with van der Waals surface area (Å²) >= 11 is 0. The molecule has 1 heterocycles. The fourth-order valence-corrected chi connectivity index (χ4v) is 3.52. The van der Waals surface area contributed by atoms with Crippen molar-refractivity contribution in [1.29, 1.82) is 0 Å². The minimum absolute atomic E-state index is 0.486. The Balaban J connectivity index is 2.21. The van der Waals surface area contributed by atoms with Crippen LogP contribution in [0.4, 0.5) is 0 Å². The zero-order chi connectivity index (χ0) is 14.5. The second kappa shape index (κ2) is 7.26. The molecule has 1 aliphatic rings. The van der Waals surface area contributed by atoms with Gasteiger partial charge in [-0.2, -0.15) is 5.10 Å². The molecule has 20 heavy (non-hydrogen) atoms. The van der Waals surface area contributed by atoms with Gasteiger partial charge >= 0.3 is 0 Å². The molecule has 1 saturated carbocycles. The van der Waals surface area contributed by atoms with Gasteiger partial charge in [-0.25, -0.2) is 0 Å². The van der Waals surface area contributed by atoms with Crippen molar-refractivity contribution < 1.29 is 0 Å². The van der Waals surface area contributed by atoms with Gasteiger partial charge in [0.2, 0.25) is 0 Å². The number of aryl methyl sites for hydroxylation is 2. The largest absolute Gasteiger partial charge is 0.309 e. The van der Waals surface area contributed by atoms with Crippen LogP contribution >= 0.6 is 0 Å². The molecular weight excluding hydrogens is 246 g/mol. The summed E-state index contributed by atoms with van der Waals surface area (Å²) < 4.78 is 2.21. The molecule has 0 spiro atoms. The van der Waals surface area contributed by atoms with Crippen LogP contribution < -0.4 is 5.32 Å².